The third-order valence-corrected chi connectivity index (χ3v) is 4.00. The number of hydrogen-bond acceptors (Lipinski definition) is 0. The minimum Gasteiger partial charge on any atom is -0.0649 e. The zero-order valence-corrected chi connectivity index (χ0v) is 8.48. The van der Waals surface area contributed by atoms with Crippen LogP contribution in [0.1, 0.15) is 53.4 Å². The minimum atomic E-state index is 0.574. The Morgan fingerprint density at radius 3 is 2.18 bits per heavy atom. The first kappa shape index (κ1) is 9.09. The van der Waals surface area contributed by atoms with Crippen molar-refractivity contribution in [2.45, 2.75) is 53.4 Å². The van der Waals surface area contributed by atoms with Crippen LogP contribution in [0.2, 0.25) is 0 Å². The highest BCUT2D eigenvalue weighted by Crippen LogP contribution is 2.43. The quantitative estimate of drug-likeness (QED) is 0.579. The predicted octanol–water partition coefficient (Wildman–Crippen LogP) is 3.86. The highest BCUT2D eigenvalue weighted by Gasteiger charge is 2.33. The Kier molecular flexibility index (Phi) is 2.61. The van der Waals surface area contributed by atoms with Gasteiger partial charge in [-0.15, -0.1) is 0 Å². The monoisotopic (exact) mass is 154 g/mol. The minimum absolute atomic E-state index is 0.574. The molecule has 1 aliphatic carbocycles. The molecule has 0 nitrogen and oxygen atoms in total. The largest absolute Gasteiger partial charge is 0.0649 e. The van der Waals surface area contributed by atoms with Crippen LogP contribution in [0.25, 0.3) is 0 Å². The molecule has 0 amide bonds. The van der Waals surface area contributed by atoms with Crippen LogP contribution in [0.3, 0.4) is 0 Å². The maximum absolute atomic E-state index is 2.44. The molecule has 0 saturated heterocycles. The fourth-order valence-corrected chi connectivity index (χ4v) is 1.90. The van der Waals surface area contributed by atoms with E-state index in [1.54, 1.807) is 0 Å². The molecule has 0 radical (unpaired) electrons. The topological polar surface area (TPSA) is 0 Å². The van der Waals surface area contributed by atoms with Gasteiger partial charge < -0.3 is 0 Å². The van der Waals surface area contributed by atoms with E-state index in [4.69, 9.17) is 0 Å². The first-order valence-electron chi connectivity index (χ1n) is 5.08. The lowest BCUT2D eigenvalue weighted by atomic mass is 9.65. The summed E-state index contributed by atoms with van der Waals surface area (Å²) in [4.78, 5) is 0. The Hall–Kier alpha value is 0. The summed E-state index contributed by atoms with van der Waals surface area (Å²) in [5.74, 6) is 1.98. The molecule has 1 atom stereocenters. The van der Waals surface area contributed by atoms with Crippen molar-refractivity contribution in [1.82, 2.24) is 0 Å². The lowest BCUT2D eigenvalue weighted by molar-refractivity contribution is 0.0951. The molecule has 0 aromatic rings. The lowest BCUT2D eigenvalue weighted by Crippen LogP contribution is -2.31. The van der Waals surface area contributed by atoms with Gasteiger partial charge in [-0.05, 0) is 17.3 Å². The summed E-state index contributed by atoms with van der Waals surface area (Å²) in [5.41, 5.74) is 0.574. The molecule has 0 heterocycles. The number of rotatable bonds is 3. The standard InChI is InChI=1S/C11H22/c1-5-11(3,4)9(2)10-7-6-8-10/h9-10H,5-8H2,1-4H3. The van der Waals surface area contributed by atoms with E-state index in [1.165, 1.54) is 25.7 Å². The van der Waals surface area contributed by atoms with Crippen molar-refractivity contribution in [2.75, 3.05) is 0 Å². The molecule has 11 heavy (non-hydrogen) atoms. The average molecular weight is 154 g/mol. The molecule has 0 aromatic heterocycles. The van der Waals surface area contributed by atoms with Crippen LogP contribution in [0.15, 0.2) is 0 Å². The molecule has 0 aliphatic heterocycles. The zero-order chi connectivity index (χ0) is 8.48. The van der Waals surface area contributed by atoms with E-state index >= 15 is 0 Å². The summed E-state index contributed by atoms with van der Waals surface area (Å²) < 4.78 is 0. The van der Waals surface area contributed by atoms with Gasteiger partial charge in [0.25, 0.3) is 0 Å². The van der Waals surface area contributed by atoms with Crippen LogP contribution in [0.5, 0.6) is 0 Å². The van der Waals surface area contributed by atoms with Gasteiger partial charge in [-0.3, -0.25) is 0 Å². The second-order valence-corrected chi connectivity index (χ2v) is 4.82. The van der Waals surface area contributed by atoms with Crippen molar-refractivity contribution in [3.05, 3.63) is 0 Å². The van der Waals surface area contributed by atoms with Gasteiger partial charge in [0.05, 0.1) is 0 Å². The van der Waals surface area contributed by atoms with Gasteiger partial charge in [0.2, 0.25) is 0 Å². The van der Waals surface area contributed by atoms with Crippen LogP contribution in [0, 0.1) is 17.3 Å². The van der Waals surface area contributed by atoms with Gasteiger partial charge in [0, 0.05) is 0 Å². The third kappa shape index (κ3) is 1.77. The van der Waals surface area contributed by atoms with Crippen molar-refractivity contribution in [1.29, 1.82) is 0 Å². The molecule has 1 fully saturated rings. The first-order chi connectivity index (χ1) is 5.08. The van der Waals surface area contributed by atoms with Crippen LogP contribution in [-0.4, -0.2) is 0 Å². The highest BCUT2D eigenvalue weighted by molar-refractivity contribution is 4.83. The van der Waals surface area contributed by atoms with Gasteiger partial charge >= 0.3 is 0 Å². The van der Waals surface area contributed by atoms with Gasteiger partial charge in [-0.2, -0.15) is 0 Å². The van der Waals surface area contributed by atoms with E-state index in [0.717, 1.165) is 11.8 Å². The summed E-state index contributed by atoms with van der Waals surface area (Å²) in [7, 11) is 0. The van der Waals surface area contributed by atoms with Gasteiger partial charge in [0.15, 0.2) is 0 Å². The van der Waals surface area contributed by atoms with Crippen LogP contribution < -0.4 is 0 Å². The molecule has 1 rings (SSSR count). The van der Waals surface area contributed by atoms with E-state index in [9.17, 15) is 0 Å². The summed E-state index contributed by atoms with van der Waals surface area (Å²) in [6.07, 6.45) is 5.79. The summed E-state index contributed by atoms with van der Waals surface area (Å²) in [5, 5.41) is 0. The molecule has 0 N–H and O–H groups in total. The second kappa shape index (κ2) is 3.16. The maximum atomic E-state index is 2.44. The Balaban J connectivity index is 2.44. The highest BCUT2D eigenvalue weighted by atomic mass is 14.4. The molecular weight excluding hydrogens is 132 g/mol. The van der Waals surface area contributed by atoms with E-state index in [-0.39, 0.29) is 0 Å². The third-order valence-electron chi connectivity index (χ3n) is 4.00. The molecule has 0 bridgehead atoms. The molecule has 1 aliphatic rings. The van der Waals surface area contributed by atoms with Crippen molar-refractivity contribution in [2.24, 2.45) is 17.3 Å². The molecule has 66 valence electrons. The average Bonchev–Trinajstić information content (AvgIpc) is 1.84. The fraction of sp³-hybridized carbons (Fsp3) is 1.00. The van der Waals surface area contributed by atoms with Crippen molar-refractivity contribution in [3.8, 4) is 0 Å². The Labute approximate surface area is 71.4 Å². The van der Waals surface area contributed by atoms with Crippen LogP contribution in [-0.2, 0) is 0 Å². The van der Waals surface area contributed by atoms with E-state index < -0.39 is 0 Å². The van der Waals surface area contributed by atoms with Crippen LogP contribution in [0.4, 0.5) is 0 Å². The van der Waals surface area contributed by atoms with Crippen molar-refractivity contribution < 1.29 is 0 Å². The molecule has 0 spiro atoms. The van der Waals surface area contributed by atoms with Gasteiger partial charge in [-0.25, -0.2) is 0 Å². The van der Waals surface area contributed by atoms with Crippen LogP contribution >= 0.6 is 0 Å². The summed E-state index contributed by atoms with van der Waals surface area (Å²) in [6, 6.07) is 0. The number of hydrogen-bond donors (Lipinski definition) is 0. The second-order valence-electron chi connectivity index (χ2n) is 4.82. The maximum Gasteiger partial charge on any atom is -0.0329 e. The van der Waals surface area contributed by atoms with E-state index in [2.05, 4.69) is 27.7 Å². The Bertz CT molecular complexity index is 120. The smallest absolute Gasteiger partial charge is 0.0329 e. The lowest BCUT2D eigenvalue weighted by Gasteiger charge is -2.41. The van der Waals surface area contributed by atoms with E-state index in [0.29, 0.717) is 5.41 Å². The predicted molar refractivity (Wildman–Crippen MR) is 50.6 cm³/mol. The summed E-state index contributed by atoms with van der Waals surface area (Å²) >= 11 is 0. The molecular formula is C11H22. The summed E-state index contributed by atoms with van der Waals surface area (Å²) in [6.45, 7) is 9.58. The van der Waals surface area contributed by atoms with Gasteiger partial charge in [-0.1, -0.05) is 53.4 Å². The first-order valence-corrected chi connectivity index (χ1v) is 5.08. The SMILES string of the molecule is CCC(C)(C)C(C)C1CCC1. The van der Waals surface area contributed by atoms with E-state index in [1.807, 2.05) is 0 Å². The van der Waals surface area contributed by atoms with Crippen molar-refractivity contribution in [3.63, 3.8) is 0 Å². The van der Waals surface area contributed by atoms with Gasteiger partial charge in [0.1, 0.15) is 0 Å². The Morgan fingerprint density at radius 1 is 1.36 bits per heavy atom. The molecule has 1 saturated carbocycles. The normalized spacial score (nSPS) is 22.9. The Morgan fingerprint density at radius 2 is 1.91 bits per heavy atom. The van der Waals surface area contributed by atoms with Crippen molar-refractivity contribution >= 4 is 0 Å². The fourth-order valence-electron chi connectivity index (χ4n) is 1.90. The zero-order valence-electron chi connectivity index (χ0n) is 8.48. The molecule has 0 aromatic carbocycles. The molecule has 0 heteroatoms. The molecule has 1 unspecified atom stereocenters.